The molecule has 0 fully saturated rings. The number of aromatic nitrogens is 4. The average Bonchev–Trinajstić information content (AvgIpc) is 1.27. The number of para-hydroxylation sites is 4. The number of rotatable bonds is 15. The predicted molar refractivity (Wildman–Crippen MR) is 531 cm³/mol. The van der Waals surface area contributed by atoms with Gasteiger partial charge in [0.25, 0.3) is 0 Å². The lowest BCUT2D eigenvalue weighted by Gasteiger charge is -2.21. The van der Waals surface area contributed by atoms with Gasteiger partial charge in [-0.25, -0.2) is 9.97 Å². The number of imidazole rings is 2. The topological polar surface area (TPSA) is 35.6 Å². The number of nitrogens with zero attached hydrogens (tertiary/aromatic N) is 4. The minimum absolute atomic E-state index is 0.871. The van der Waals surface area contributed by atoms with Crippen molar-refractivity contribution in [1.82, 2.24) is 19.1 Å². The molecule has 0 amide bonds. The van der Waals surface area contributed by atoms with Crippen molar-refractivity contribution in [2.75, 3.05) is 0 Å². The van der Waals surface area contributed by atoms with Crippen molar-refractivity contribution in [3.63, 3.8) is 0 Å². The van der Waals surface area contributed by atoms with Crippen molar-refractivity contribution < 1.29 is 0 Å². The van der Waals surface area contributed by atoms with E-state index in [1.54, 1.807) is 0 Å². The Hall–Kier alpha value is -16.7. The Morgan fingerprint density at radius 1 is 0.135 bits per heavy atom. The zero-order chi connectivity index (χ0) is 83.1. The summed E-state index contributed by atoms with van der Waals surface area (Å²) < 4.78 is 4.61. The quantitative estimate of drug-likeness (QED) is 0.0959. The Morgan fingerprint density at radius 2 is 0.413 bits per heavy atom. The summed E-state index contributed by atoms with van der Waals surface area (Å²) in [5.41, 5.74) is 33.4. The van der Waals surface area contributed by atoms with Crippen molar-refractivity contribution >= 4 is 86.7 Å². The highest BCUT2D eigenvalue weighted by molar-refractivity contribution is 6.24. The molecule has 0 saturated heterocycles. The van der Waals surface area contributed by atoms with E-state index in [-0.39, 0.29) is 0 Å². The molecule has 0 unspecified atom stereocenters. The Morgan fingerprint density at radius 3 is 0.881 bits per heavy atom. The molecule has 22 aromatic carbocycles. The van der Waals surface area contributed by atoms with Crippen LogP contribution in [0, 0.1) is 0 Å². The molecule has 126 heavy (non-hydrogen) atoms. The normalized spacial score (nSPS) is 11.7. The van der Waals surface area contributed by atoms with Gasteiger partial charge in [0.1, 0.15) is 11.6 Å². The van der Waals surface area contributed by atoms with Gasteiger partial charge in [0, 0.05) is 22.5 Å². The Balaban J connectivity index is 0.636. The lowest BCUT2D eigenvalue weighted by molar-refractivity contribution is 1.10. The fourth-order valence-electron chi connectivity index (χ4n) is 19.6. The van der Waals surface area contributed by atoms with Crippen LogP contribution < -0.4 is 0 Å². The van der Waals surface area contributed by atoms with Gasteiger partial charge in [-0.1, -0.05) is 358 Å². The van der Waals surface area contributed by atoms with Crippen LogP contribution in [0.5, 0.6) is 0 Å². The van der Waals surface area contributed by atoms with Crippen LogP contribution in [-0.2, 0) is 0 Å². The van der Waals surface area contributed by atoms with Crippen LogP contribution in [0.2, 0.25) is 0 Å². The van der Waals surface area contributed by atoms with Gasteiger partial charge in [-0.3, -0.25) is 9.13 Å². The van der Waals surface area contributed by atoms with Crippen LogP contribution in [-0.4, -0.2) is 19.1 Å². The molecule has 4 heteroatoms. The van der Waals surface area contributed by atoms with Gasteiger partial charge < -0.3 is 0 Å². The molecule has 2 heterocycles. The highest BCUT2D eigenvalue weighted by Gasteiger charge is 2.25. The minimum atomic E-state index is 0.871. The second-order valence-corrected chi connectivity index (χ2v) is 33.1. The van der Waals surface area contributed by atoms with Gasteiger partial charge in [0.15, 0.2) is 0 Å². The molecular weight excluding hydrogens is 1520 g/mol. The highest BCUT2D eigenvalue weighted by Crippen LogP contribution is 2.51. The first-order chi connectivity index (χ1) is 62.4. The molecule has 0 spiro atoms. The number of fused-ring (bicyclic) bond motifs is 8. The van der Waals surface area contributed by atoms with Gasteiger partial charge in [0.2, 0.25) is 0 Å². The summed E-state index contributed by atoms with van der Waals surface area (Å²) >= 11 is 0. The summed E-state index contributed by atoms with van der Waals surface area (Å²) in [6, 6.07) is 174. The van der Waals surface area contributed by atoms with Gasteiger partial charge >= 0.3 is 0 Å². The van der Waals surface area contributed by atoms with Crippen LogP contribution in [0.15, 0.2) is 473 Å². The third kappa shape index (κ3) is 13.0. The fraction of sp³-hybridized carbons (Fsp3) is 0. The Labute approximate surface area is 730 Å². The van der Waals surface area contributed by atoms with E-state index >= 15 is 0 Å². The van der Waals surface area contributed by atoms with Gasteiger partial charge in [-0.15, -0.1) is 0 Å². The molecule has 0 radical (unpaired) electrons. The molecule has 586 valence electrons. The molecule has 0 bridgehead atoms. The minimum Gasteiger partial charge on any atom is -0.292 e. The Bertz CT molecular complexity index is 8340. The van der Waals surface area contributed by atoms with Crippen LogP contribution in [0.3, 0.4) is 0 Å². The van der Waals surface area contributed by atoms with Gasteiger partial charge in [-0.2, -0.15) is 0 Å². The summed E-state index contributed by atoms with van der Waals surface area (Å²) in [6.07, 6.45) is 0. The number of hydrogen-bond acceptors (Lipinski definition) is 2. The molecule has 2 aromatic heterocycles. The lowest BCUT2D eigenvalue weighted by atomic mass is 9.82. The van der Waals surface area contributed by atoms with E-state index in [1.165, 1.54) is 98.4 Å². The fourth-order valence-corrected chi connectivity index (χ4v) is 19.6. The van der Waals surface area contributed by atoms with Crippen molar-refractivity contribution in [2.24, 2.45) is 0 Å². The van der Waals surface area contributed by atoms with Crippen molar-refractivity contribution in [3.8, 4) is 157 Å². The molecule has 4 nitrogen and oxygen atoms in total. The molecule has 0 N–H and O–H groups in total. The molecule has 0 aliphatic carbocycles. The van der Waals surface area contributed by atoms with E-state index in [0.717, 1.165) is 145 Å². The van der Waals surface area contributed by atoms with Gasteiger partial charge in [0.05, 0.1) is 22.1 Å². The highest BCUT2D eigenvalue weighted by atomic mass is 15.1. The third-order valence-corrected chi connectivity index (χ3v) is 25.6. The molecular formula is C122H78N4. The second kappa shape index (κ2) is 30.8. The van der Waals surface area contributed by atoms with E-state index in [9.17, 15) is 0 Å². The molecule has 0 aliphatic rings. The van der Waals surface area contributed by atoms with E-state index in [1.807, 2.05) is 0 Å². The predicted octanol–water partition coefficient (Wildman–Crippen LogP) is 33.0. The average molecular weight is 1600 g/mol. The summed E-state index contributed by atoms with van der Waals surface area (Å²) in [5, 5.41) is 14.4. The summed E-state index contributed by atoms with van der Waals surface area (Å²) in [4.78, 5) is 10.8. The maximum Gasteiger partial charge on any atom is 0.145 e. The first kappa shape index (κ1) is 73.3. The third-order valence-electron chi connectivity index (χ3n) is 25.6. The summed E-state index contributed by atoms with van der Waals surface area (Å²) in [5.74, 6) is 1.77. The first-order valence-corrected chi connectivity index (χ1v) is 43.3. The van der Waals surface area contributed by atoms with Crippen LogP contribution >= 0.6 is 0 Å². The van der Waals surface area contributed by atoms with Crippen LogP contribution in [0.25, 0.3) is 243 Å². The maximum atomic E-state index is 5.55. The summed E-state index contributed by atoms with van der Waals surface area (Å²) in [7, 11) is 0. The van der Waals surface area contributed by atoms with Crippen LogP contribution in [0.1, 0.15) is 0 Å². The van der Waals surface area contributed by atoms with Gasteiger partial charge in [-0.05, 0) is 302 Å². The second-order valence-electron chi connectivity index (χ2n) is 33.1. The van der Waals surface area contributed by atoms with Crippen LogP contribution in [0.4, 0.5) is 0 Å². The van der Waals surface area contributed by atoms with E-state index in [2.05, 4.69) is 482 Å². The molecule has 24 aromatic rings. The smallest absolute Gasteiger partial charge is 0.145 e. The maximum absolute atomic E-state index is 5.55. The Kier molecular flexibility index (Phi) is 17.9. The zero-order valence-corrected chi connectivity index (χ0v) is 68.8. The first-order valence-electron chi connectivity index (χ1n) is 43.3. The lowest BCUT2D eigenvalue weighted by Crippen LogP contribution is -1.97. The molecule has 0 atom stereocenters. The summed E-state index contributed by atoms with van der Waals surface area (Å²) in [6.45, 7) is 0. The molecule has 0 saturated carbocycles. The molecule has 0 aliphatic heterocycles. The van der Waals surface area contributed by atoms with Crippen molar-refractivity contribution in [3.05, 3.63) is 473 Å². The SMILES string of the molecule is c1ccc(-c2cc(-c3ccccc3)cc(-c3c4ccccc4c(-c4cc(-c5ccccc5)cc(-c5cccc(-c6ccc7nc(-c8ccc(-c9ccc%10c(-c%11ccc%12ccccc%12c%11)c%11ccccc%11c(-c%11ccc%12ccccc%12c%11)c%10c9)cc8)n(-c8ccccc8)c7c6)c5)c4)c4cc(-c5ccc(-c6nc7ccccc7n6-c6ccccc6)cc5)ccc34)c2)cc1. The van der Waals surface area contributed by atoms with Crippen molar-refractivity contribution in [1.29, 1.82) is 0 Å². The largest absolute Gasteiger partial charge is 0.292 e. The van der Waals surface area contributed by atoms with E-state index in [4.69, 9.17) is 9.97 Å². The standard InChI is InChI=1S/C122H78N4/c1-6-27-79(28-7-1)97-70-98(80-29-8-2-9-30-80)73-101(72-97)119-107-45-22-23-46-108(107)120(112-77-93(62-65-110(112)119)85-49-55-86(56-50-85)121-123-113-47-24-25-48-115(113)125(121)103-39-12-4-13-40-103)102-74-99(81-31-10-3-11-32-81)71-100(75-102)91-38-26-37-90(67-91)94-63-66-114-116(78-94)126(104-41-14-5-15-42-104)122(124-114)87-57-51-84(52-58-87)92-61-64-109-111(76-92)118(96-60-54-83-34-17-19-36-89(83)69-96)106-44-21-20-43-105(106)117(109)95-59-53-82-33-16-18-35-88(82)68-95/h1-78H. The van der Waals surface area contributed by atoms with E-state index < -0.39 is 0 Å². The molecule has 24 rings (SSSR count). The van der Waals surface area contributed by atoms with Crippen molar-refractivity contribution in [2.45, 2.75) is 0 Å². The monoisotopic (exact) mass is 1600 g/mol. The van der Waals surface area contributed by atoms with E-state index in [0.29, 0.717) is 0 Å². The number of hydrogen-bond donors (Lipinski definition) is 0. The zero-order valence-electron chi connectivity index (χ0n) is 68.8. The number of benzene rings is 22.